The third-order valence-corrected chi connectivity index (χ3v) is 5.30. The minimum absolute atomic E-state index is 0.199. The smallest absolute Gasteiger partial charge is 0.307 e. The van der Waals surface area contributed by atoms with Crippen LogP contribution in [0.5, 0.6) is 0 Å². The molecule has 1 aliphatic rings. The molecule has 0 spiro atoms. The van der Waals surface area contributed by atoms with Crippen LogP contribution >= 0.6 is 0 Å². The molecule has 0 saturated carbocycles. The third-order valence-electron chi connectivity index (χ3n) is 5.30. The van der Waals surface area contributed by atoms with Gasteiger partial charge in [-0.15, -0.1) is 0 Å². The standard InChI is InChI=1S/C22H24FN3O2/c1-2-28-22(27)8-12-26-20-4-3-17(23)13-18(20)19-15-25(11-7-21(19)26)14-16-5-9-24-10-6-16/h3-6,9-10,13H,2,7-8,11-12,14-15H2,1H3. The minimum Gasteiger partial charge on any atom is -0.466 e. The van der Waals surface area contributed by atoms with Crippen molar-refractivity contribution in [1.82, 2.24) is 14.5 Å². The summed E-state index contributed by atoms with van der Waals surface area (Å²) in [6.07, 6.45) is 4.81. The number of pyridine rings is 1. The van der Waals surface area contributed by atoms with Gasteiger partial charge in [0.25, 0.3) is 0 Å². The quantitative estimate of drug-likeness (QED) is 0.611. The van der Waals surface area contributed by atoms with Crippen LogP contribution in [0.3, 0.4) is 0 Å². The Morgan fingerprint density at radius 2 is 2.07 bits per heavy atom. The summed E-state index contributed by atoms with van der Waals surface area (Å²) in [5, 5.41) is 0.943. The van der Waals surface area contributed by atoms with E-state index in [9.17, 15) is 9.18 Å². The fourth-order valence-electron chi connectivity index (χ4n) is 4.05. The molecule has 5 nitrogen and oxygen atoms in total. The van der Waals surface area contributed by atoms with Crippen LogP contribution in [-0.2, 0) is 35.6 Å². The molecule has 0 amide bonds. The van der Waals surface area contributed by atoms with Gasteiger partial charge in [-0.05, 0) is 48.4 Å². The lowest BCUT2D eigenvalue weighted by atomic mass is 10.0. The van der Waals surface area contributed by atoms with Crippen molar-refractivity contribution in [1.29, 1.82) is 0 Å². The first kappa shape index (κ1) is 18.6. The van der Waals surface area contributed by atoms with E-state index in [1.165, 1.54) is 22.9 Å². The Bertz CT molecular complexity index is 984. The predicted octanol–water partition coefficient (Wildman–Crippen LogP) is 3.69. The molecule has 0 radical (unpaired) electrons. The molecule has 0 N–H and O–H groups in total. The number of carbonyl (C=O) groups excluding carboxylic acids is 1. The summed E-state index contributed by atoms with van der Waals surface area (Å²) in [7, 11) is 0. The number of benzene rings is 1. The Labute approximate surface area is 163 Å². The van der Waals surface area contributed by atoms with Gasteiger partial charge < -0.3 is 9.30 Å². The van der Waals surface area contributed by atoms with Gasteiger partial charge in [0.1, 0.15) is 5.82 Å². The Kier molecular flexibility index (Phi) is 5.39. The highest BCUT2D eigenvalue weighted by Gasteiger charge is 2.24. The highest BCUT2D eigenvalue weighted by Crippen LogP contribution is 2.32. The number of aromatic nitrogens is 2. The molecule has 28 heavy (non-hydrogen) atoms. The van der Waals surface area contributed by atoms with Crippen molar-refractivity contribution in [2.45, 2.75) is 39.4 Å². The van der Waals surface area contributed by atoms with E-state index in [1.54, 1.807) is 18.5 Å². The van der Waals surface area contributed by atoms with Gasteiger partial charge in [-0.25, -0.2) is 4.39 Å². The zero-order valence-corrected chi connectivity index (χ0v) is 16.0. The van der Waals surface area contributed by atoms with Gasteiger partial charge in [0.15, 0.2) is 0 Å². The van der Waals surface area contributed by atoms with E-state index in [0.717, 1.165) is 37.0 Å². The van der Waals surface area contributed by atoms with Crippen LogP contribution in [0.2, 0.25) is 0 Å². The van der Waals surface area contributed by atoms with Gasteiger partial charge in [-0.1, -0.05) is 0 Å². The number of rotatable bonds is 6. The fourth-order valence-corrected chi connectivity index (χ4v) is 4.05. The molecular formula is C22H24FN3O2. The molecular weight excluding hydrogens is 357 g/mol. The number of ether oxygens (including phenoxy) is 1. The van der Waals surface area contributed by atoms with E-state index >= 15 is 0 Å². The van der Waals surface area contributed by atoms with Crippen LogP contribution in [0.1, 0.15) is 30.2 Å². The molecule has 0 fully saturated rings. The lowest BCUT2D eigenvalue weighted by Gasteiger charge is -2.28. The zero-order valence-electron chi connectivity index (χ0n) is 16.0. The molecule has 0 bridgehead atoms. The highest BCUT2D eigenvalue weighted by atomic mass is 19.1. The maximum absolute atomic E-state index is 14.0. The summed E-state index contributed by atoms with van der Waals surface area (Å²) >= 11 is 0. The lowest BCUT2D eigenvalue weighted by molar-refractivity contribution is -0.143. The van der Waals surface area contributed by atoms with Crippen LogP contribution in [-0.4, -0.2) is 33.6 Å². The average Bonchev–Trinajstić information content (AvgIpc) is 3.00. The normalized spacial score (nSPS) is 14.2. The predicted molar refractivity (Wildman–Crippen MR) is 105 cm³/mol. The molecule has 1 aliphatic heterocycles. The van der Waals surface area contributed by atoms with Crippen molar-refractivity contribution in [3.8, 4) is 0 Å². The largest absolute Gasteiger partial charge is 0.466 e. The van der Waals surface area contributed by atoms with Crippen LogP contribution in [0, 0.1) is 5.82 Å². The molecule has 0 unspecified atom stereocenters. The van der Waals surface area contributed by atoms with Crippen LogP contribution < -0.4 is 0 Å². The van der Waals surface area contributed by atoms with E-state index in [0.29, 0.717) is 19.6 Å². The molecule has 0 saturated heterocycles. The van der Waals surface area contributed by atoms with Gasteiger partial charge in [0.2, 0.25) is 0 Å². The van der Waals surface area contributed by atoms with Crippen molar-refractivity contribution in [3.05, 3.63) is 65.4 Å². The second kappa shape index (κ2) is 8.10. The fraction of sp³-hybridized carbons (Fsp3) is 0.364. The molecule has 6 heteroatoms. The van der Waals surface area contributed by atoms with Gasteiger partial charge in [0, 0.05) is 61.6 Å². The number of halogens is 1. The summed E-state index contributed by atoms with van der Waals surface area (Å²) in [4.78, 5) is 18.3. The average molecular weight is 381 g/mol. The Balaban J connectivity index is 1.63. The molecule has 4 rings (SSSR count). The zero-order chi connectivity index (χ0) is 19.5. The number of esters is 1. The monoisotopic (exact) mass is 381 g/mol. The second-order valence-corrected chi connectivity index (χ2v) is 7.11. The summed E-state index contributed by atoms with van der Waals surface area (Å²) in [6.45, 7) is 5.29. The Hall–Kier alpha value is -2.73. The van der Waals surface area contributed by atoms with Gasteiger partial charge >= 0.3 is 5.97 Å². The summed E-state index contributed by atoms with van der Waals surface area (Å²) in [6, 6.07) is 8.98. The maximum atomic E-state index is 14.0. The lowest BCUT2D eigenvalue weighted by Crippen LogP contribution is -2.30. The second-order valence-electron chi connectivity index (χ2n) is 7.11. The third kappa shape index (κ3) is 3.78. The van der Waals surface area contributed by atoms with Crippen LogP contribution in [0.4, 0.5) is 4.39 Å². The molecule has 2 aromatic heterocycles. The molecule has 0 atom stereocenters. The summed E-state index contributed by atoms with van der Waals surface area (Å²) in [5.74, 6) is -0.431. The molecule has 1 aromatic carbocycles. The van der Waals surface area contributed by atoms with Crippen LogP contribution in [0.25, 0.3) is 10.9 Å². The van der Waals surface area contributed by atoms with Gasteiger partial charge in [-0.3, -0.25) is 14.7 Å². The van der Waals surface area contributed by atoms with E-state index in [-0.39, 0.29) is 11.8 Å². The first-order chi connectivity index (χ1) is 13.7. The Morgan fingerprint density at radius 1 is 1.25 bits per heavy atom. The molecule has 0 aliphatic carbocycles. The van der Waals surface area contributed by atoms with Crippen molar-refractivity contribution >= 4 is 16.9 Å². The van der Waals surface area contributed by atoms with E-state index in [1.807, 2.05) is 25.1 Å². The maximum Gasteiger partial charge on any atom is 0.307 e. The van der Waals surface area contributed by atoms with Crippen molar-refractivity contribution in [3.63, 3.8) is 0 Å². The molecule has 3 aromatic rings. The number of carbonyl (C=O) groups is 1. The first-order valence-corrected chi connectivity index (χ1v) is 9.72. The van der Waals surface area contributed by atoms with Crippen molar-refractivity contribution in [2.24, 2.45) is 0 Å². The van der Waals surface area contributed by atoms with Crippen LogP contribution in [0.15, 0.2) is 42.7 Å². The summed E-state index contributed by atoms with van der Waals surface area (Å²) in [5.41, 5.74) is 4.58. The minimum atomic E-state index is -0.232. The number of nitrogens with zero attached hydrogens (tertiary/aromatic N) is 3. The van der Waals surface area contributed by atoms with E-state index < -0.39 is 0 Å². The molecule has 3 heterocycles. The van der Waals surface area contributed by atoms with E-state index in [2.05, 4.69) is 14.5 Å². The number of hydrogen-bond acceptors (Lipinski definition) is 4. The number of aryl methyl sites for hydroxylation is 1. The Morgan fingerprint density at radius 3 is 2.86 bits per heavy atom. The number of hydrogen-bond donors (Lipinski definition) is 0. The van der Waals surface area contributed by atoms with Gasteiger partial charge in [0.05, 0.1) is 13.0 Å². The first-order valence-electron chi connectivity index (χ1n) is 9.72. The number of fused-ring (bicyclic) bond motifs is 3. The van der Waals surface area contributed by atoms with E-state index in [4.69, 9.17) is 4.74 Å². The topological polar surface area (TPSA) is 47.4 Å². The van der Waals surface area contributed by atoms with Crippen molar-refractivity contribution in [2.75, 3.05) is 13.2 Å². The molecule has 146 valence electrons. The SMILES string of the molecule is CCOC(=O)CCn1c2c(c3cc(F)ccc31)CN(Cc1ccncc1)CC2. The van der Waals surface area contributed by atoms with Crippen molar-refractivity contribution < 1.29 is 13.9 Å². The van der Waals surface area contributed by atoms with Gasteiger partial charge in [-0.2, -0.15) is 0 Å². The highest BCUT2D eigenvalue weighted by molar-refractivity contribution is 5.86. The summed E-state index contributed by atoms with van der Waals surface area (Å²) < 4.78 is 21.2.